The molecule has 0 bridgehead atoms. The average Bonchev–Trinajstić information content (AvgIpc) is 2.89. The van der Waals surface area contributed by atoms with Crippen LogP contribution >= 0.6 is 0 Å². The number of phenols is 1. The first-order valence-electron chi connectivity index (χ1n) is 6.34. The number of rotatable bonds is 3. The van der Waals surface area contributed by atoms with Crippen LogP contribution in [-0.4, -0.2) is 27.2 Å². The van der Waals surface area contributed by atoms with E-state index in [0.29, 0.717) is 17.2 Å². The Labute approximate surface area is 121 Å². The molecule has 2 aromatic carbocycles. The van der Waals surface area contributed by atoms with Crippen LogP contribution in [0.2, 0.25) is 0 Å². The Morgan fingerprint density at radius 2 is 1.95 bits per heavy atom. The molecule has 0 saturated carbocycles. The van der Waals surface area contributed by atoms with Crippen LogP contribution in [0.15, 0.2) is 48.5 Å². The summed E-state index contributed by atoms with van der Waals surface area (Å²) >= 11 is 0. The van der Waals surface area contributed by atoms with Gasteiger partial charge < -0.3 is 15.6 Å². The molecule has 1 heterocycles. The van der Waals surface area contributed by atoms with Crippen LogP contribution in [0.4, 0.5) is 5.82 Å². The van der Waals surface area contributed by atoms with Crippen LogP contribution in [0.5, 0.6) is 11.5 Å². The summed E-state index contributed by atoms with van der Waals surface area (Å²) in [7, 11) is 1.60. The minimum atomic E-state index is 0.144. The fourth-order valence-corrected chi connectivity index (χ4v) is 2.08. The summed E-state index contributed by atoms with van der Waals surface area (Å²) in [4.78, 5) is 0. The summed E-state index contributed by atoms with van der Waals surface area (Å²) in [5, 5.41) is 17.7. The first-order chi connectivity index (χ1) is 10.2. The zero-order valence-corrected chi connectivity index (χ0v) is 11.4. The number of nitrogen functional groups attached to an aromatic ring is 1. The maximum atomic E-state index is 9.54. The van der Waals surface area contributed by atoms with E-state index in [9.17, 15) is 5.11 Å². The number of aromatic hydroxyl groups is 1. The molecule has 6 heteroatoms. The third-order valence-corrected chi connectivity index (χ3v) is 3.12. The first kappa shape index (κ1) is 13.0. The molecule has 3 rings (SSSR count). The summed E-state index contributed by atoms with van der Waals surface area (Å²) in [6.07, 6.45) is 0. The van der Waals surface area contributed by atoms with Gasteiger partial charge in [-0.3, -0.25) is 0 Å². The third kappa shape index (κ3) is 2.38. The molecule has 1 aromatic heterocycles. The lowest BCUT2D eigenvalue weighted by Crippen LogP contribution is -2.02. The van der Waals surface area contributed by atoms with Crippen LogP contribution in [0, 0.1) is 0 Å². The predicted octanol–water partition coefficient (Wildman–Crippen LogP) is 2.23. The van der Waals surface area contributed by atoms with Crippen molar-refractivity contribution in [3.8, 4) is 28.4 Å². The monoisotopic (exact) mass is 282 g/mol. The zero-order chi connectivity index (χ0) is 14.8. The van der Waals surface area contributed by atoms with Crippen LogP contribution < -0.4 is 10.5 Å². The SMILES string of the molecule is COc1cccc(-c2nnn(-c3cccc(O)c3)c2N)c1. The van der Waals surface area contributed by atoms with Gasteiger partial charge in [0, 0.05) is 11.6 Å². The Balaban J connectivity index is 2.06. The zero-order valence-electron chi connectivity index (χ0n) is 11.4. The van der Waals surface area contributed by atoms with Crippen LogP contribution in [0.1, 0.15) is 0 Å². The minimum Gasteiger partial charge on any atom is -0.508 e. The Morgan fingerprint density at radius 3 is 2.71 bits per heavy atom. The molecule has 0 radical (unpaired) electrons. The van der Waals surface area contributed by atoms with Gasteiger partial charge in [-0.25, -0.2) is 0 Å². The van der Waals surface area contributed by atoms with Gasteiger partial charge in [0.2, 0.25) is 0 Å². The van der Waals surface area contributed by atoms with Crippen LogP contribution in [-0.2, 0) is 0 Å². The molecule has 0 saturated heterocycles. The highest BCUT2D eigenvalue weighted by Crippen LogP contribution is 2.28. The van der Waals surface area contributed by atoms with E-state index in [-0.39, 0.29) is 5.75 Å². The number of aromatic nitrogens is 3. The predicted molar refractivity (Wildman–Crippen MR) is 79.4 cm³/mol. The average molecular weight is 282 g/mol. The standard InChI is InChI=1S/C15H14N4O2/c1-21-13-7-2-4-10(8-13)14-15(16)19(18-17-14)11-5-3-6-12(20)9-11/h2-9,20H,16H2,1H3. The van der Waals surface area contributed by atoms with Gasteiger partial charge in [-0.15, -0.1) is 5.10 Å². The summed E-state index contributed by atoms with van der Waals surface area (Å²) in [6, 6.07) is 14.1. The van der Waals surface area contributed by atoms with Crippen molar-refractivity contribution in [1.82, 2.24) is 15.0 Å². The summed E-state index contributed by atoms with van der Waals surface area (Å²) in [6.45, 7) is 0. The van der Waals surface area contributed by atoms with Crippen molar-refractivity contribution in [3.05, 3.63) is 48.5 Å². The molecule has 0 aliphatic heterocycles. The normalized spacial score (nSPS) is 10.5. The molecule has 0 spiro atoms. The van der Waals surface area contributed by atoms with Crippen molar-refractivity contribution < 1.29 is 9.84 Å². The number of hydrogen-bond acceptors (Lipinski definition) is 5. The molecule has 0 fully saturated rings. The molecule has 0 aliphatic carbocycles. The van der Waals surface area contributed by atoms with Gasteiger partial charge in [-0.1, -0.05) is 23.4 Å². The molecule has 21 heavy (non-hydrogen) atoms. The number of phenolic OH excluding ortho intramolecular Hbond substituents is 1. The summed E-state index contributed by atoms with van der Waals surface area (Å²) in [5.74, 6) is 1.26. The van der Waals surface area contributed by atoms with E-state index in [1.54, 1.807) is 31.4 Å². The number of ether oxygens (including phenoxy) is 1. The maximum absolute atomic E-state index is 9.54. The lowest BCUT2D eigenvalue weighted by Gasteiger charge is -2.05. The number of nitrogens with zero attached hydrogens (tertiary/aromatic N) is 3. The van der Waals surface area contributed by atoms with E-state index >= 15 is 0 Å². The van der Waals surface area contributed by atoms with Crippen molar-refractivity contribution in [2.24, 2.45) is 0 Å². The fourth-order valence-electron chi connectivity index (χ4n) is 2.08. The molecule has 3 N–H and O–H groups in total. The molecule has 3 aromatic rings. The highest BCUT2D eigenvalue weighted by Gasteiger charge is 2.13. The second-order valence-electron chi connectivity index (χ2n) is 4.49. The summed E-state index contributed by atoms with van der Waals surface area (Å²) in [5.41, 5.74) is 8.16. The Morgan fingerprint density at radius 1 is 1.14 bits per heavy atom. The van der Waals surface area contributed by atoms with Gasteiger partial charge >= 0.3 is 0 Å². The van der Waals surface area contributed by atoms with E-state index < -0.39 is 0 Å². The second kappa shape index (κ2) is 5.16. The van der Waals surface area contributed by atoms with Crippen molar-refractivity contribution >= 4 is 5.82 Å². The second-order valence-corrected chi connectivity index (χ2v) is 4.49. The molecule has 106 valence electrons. The van der Waals surface area contributed by atoms with Crippen molar-refractivity contribution in [1.29, 1.82) is 0 Å². The minimum absolute atomic E-state index is 0.144. The molecule has 0 unspecified atom stereocenters. The molecular weight excluding hydrogens is 268 g/mol. The van der Waals surface area contributed by atoms with Crippen LogP contribution in [0.25, 0.3) is 16.9 Å². The number of methoxy groups -OCH3 is 1. The topological polar surface area (TPSA) is 86.2 Å². The Kier molecular flexibility index (Phi) is 3.19. The van der Waals surface area contributed by atoms with Crippen molar-refractivity contribution in [2.75, 3.05) is 12.8 Å². The quantitative estimate of drug-likeness (QED) is 0.769. The summed E-state index contributed by atoms with van der Waals surface area (Å²) < 4.78 is 6.68. The van der Waals surface area contributed by atoms with Gasteiger partial charge in [0.05, 0.1) is 12.8 Å². The van der Waals surface area contributed by atoms with Gasteiger partial charge in [0.1, 0.15) is 17.2 Å². The number of hydrogen-bond donors (Lipinski definition) is 2. The van der Waals surface area contributed by atoms with Crippen LogP contribution in [0.3, 0.4) is 0 Å². The van der Waals surface area contributed by atoms with Gasteiger partial charge in [-0.05, 0) is 24.3 Å². The Hall–Kier alpha value is -3.02. The van der Waals surface area contributed by atoms with E-state index in [4.69, 9.17) is 10.5 Å². The van der Waals surface area contributed by atoms with Gasteiger partial charge in [-0.2, -0.15) is 4.68 Å². The van der Waals surface area contributed by atoms with E-state index in [1.165, 1.54) is 4.68 Å². The smallest absolute Gasteiger partial charge is 0.155 e. The molecule has 0 atom stereocenters. The van der Waals surface area contributed by atoms with Gasteiger partial charge in [0.15, 0.2) is 5.82 Å². The molecule has 6 nitrogen and oxygen atoms in total. The molecular formula is C15H14N4O2. The van der Waals surface area contributed by atoms with E-state index in [1.807, 2.05) is 24.3 Å². The number of anilines is 1. The molecule has 0 amide bonds. The third-order valence-electron chi connectivity index (χ3n) is 3.12. The highest BCUT2D eigenvalue weighted by molar-refractivity contribution is 5.72. The number of nitrogens with two attached hydrogens (primary N) is 1. The van der Waals surface area contributed by atoms with Crippen molar-refractivity contribution in [3.63, 3.8) is 0 Å². The maximum Gasteiger partial charge on any atom is 0.155 e. The van der Waals surface area contributed by atoms with Crippen molar-refractivity contribution in [2.45, 2.75) is 0 Å². The van der Waals surface area contributed by atoms with E-state index in [0.717, 1.165) is 11.3 Å². The first-order valence-corrected chi connectivity index (χ1v) is 6.34. The lowest BCUT2D eigenvalue weighted by molar-refractivity contribution is 0.415. The largest absolute Gasteiger partial charge is 0.508 e. The number of benzene rings is 2. The Bertz CT molecular complexity index is 783. The lowest BCUT2D eigenvalue weighted by atomic mass is 10.1. The highest BCUT2D eigenvalue weighted by atomic mass is 16.5. The van der Waals surface area contributed by atoms with E-state index in [2.05, 4.69) is 10.3 Å². The van der Waals surface area contributed by atoms with Gasteiger partial charge in [0.25, 0.3) is 0 Å². The molecule has 0 aliphatic rings. The fraction of sp³-hybridized carbons (Fsp3) is 0.0667.